The zero-order valence-corrected chi connectivity index (χ0v) is 14.0. The maximum atomic E-state index is 11.9. The lowest BCUT2D eigenvalue weighted by Crippen LogP contribution is -2.25. The van der Waals surface area contributed by atoms with E-state index in [1.54, 1.807) is 7.11 Å². The second-order valence-electron chi connectivity index (χ2n) is 5.56. The summed E-state index contributed by atoms with van der Waals surface area (Å²) in [6.45, 7) is 5.26. The van der Waals surface area contributed by atoms with Gasteiger partial charge in [0.15, 0.2) is 0 Å². The molecule has 0 atom stereocenters. The number of rotatable bonds is 7. The highest BCUT2D eigenvalue weighted by atomic mass is 16.5. The van der Waals surface area contributed by atoms with Gasteiger partial charge in [0.2, 0.25) is 5.91 Å². The monoisotopic (exact) mass is 312 g/mol. The third kappa shape index (κ3) is 5.02. The first-order valence-electron chi connectivity index (χ1n) is 7.80. The number of aryl methyl sites for hydroxylation is 2. The van der Waals surface area contributed by atoms with Gasteiger partial charge >= 0.3 is 0 Å². The number of ether oxygens (including phenoxy) is 1. The van der Waals surface area contributed by atoms with Crippen LogP contribution in [0.25, 0.3) is 0 Å². The number of methoxy groups -OCH3 is 1. The standard InChI is InChI=1S/C19H24N2O2/c1-14-8-9-17(12-15(14)2)20-11-10-19(22)21-13-16-6-4-5-7-18(16)23-3/h4-9,12,20H,10-11,13H2,1-3H3,(H,21,22). The second-order valence-corrected chi connectivity index (χ2v) is 5.56. The molecule has 0 aromatic heterocycles. The molecule has 0 radical (unpaired) electrons. The number of benzene rings is 2. The molecule has 0 spiro atoms. The normalized spacial score (nSPS) is 10.2. The second kappa shape index (κ2) is 8.22. The maximum Gasteiger partial charge on any atom is 0.222 e. The Morgan fingerprint density at radius 1 is 1.09 bits per heavy atom. The molecule has 0 unspecified atom stereocenters. The van der Waals surface area contributed by atoms with E-state index < -0.39 is 0 Å². The van der Waals surface area contributed by atoms with Crippen LogP contribution in [-0.4, -0.2) is 19.6 Å². The van der Waals surface area contributed by atoms with Crippen molar-refractivity contribution in [2.24, 2.45) is 0 Å². The van der Waals surface area contributed by atoms with Gasteiger partial charge in [-0.2, -0.15) is 0 Å². The van der Waals surface area contributed by atoms with Crippen LogP contribution < -0.4 is 15.4 Å². The van der Waals surface area contributed by atoms with E-state index in [1.165, 1.54) is 11.1 Å². The molecule has 122 valence electrons. The van der Waals surface area contributed by atoms with Gasteiger partial charge in [0.05, 0.1) is 7.11 Å². The molecule has 0 aliphatic carbocycles. The van der Waals surface area contributed by atoms with Crippen molar-refractivity contribution in [1.82, 2.24) is 5.32 Å². The van der Waals surface area contributed by atoms with Gasteiger partial charge in [-0.3, -0.25) is 4.79 Å². The summed E-state index contributed by atoms with van der Waals surface area (Å²) in [6.07, 6.45) is 0.433. The summed E-state index contributed by atoms with van der Waals surface area (Å²) in [4.78, 5) is 11.9. The molecule has 0 bridgehead atoms. The molecule has 4 heteroatoms. The Hall–Kier alpha value is -2.49. The highest BCUT2D eigenvalue weighted by Gasteiger charge is 2.05. The fourth-order valence-corrected chi connectivity index (χ4v) is 2.30. The quantitative estimate of drug-likeness (QED) is 0.823. The highest BCUT2D eigenvalue weighted by Crippen LogP contribution is 2.17. The van der Waals surface area contributed by atoms with E-state index in [0.29, 0.717) is 19.5 Å². The lowest BCUT2D eigenvalue weighted by Gasteiger charge is -2.11. The predicted molar refractivity (Wildman–Crippen MR) is 93.9 cm³/mol. The van der Waals surface area contributed by atoms with Crippen molar-refractivity contribution in [2.45, 2.75) is 26.8 Å². The first-order chi connectivity index (χ1) is 11.1. The summed E-state index contributed by atoms with van der Waals surface area (Å²) in [6, 6.07) is 13.9. The van der Waals surface area contributed by atoms with Gasteiger partial charge in [0.25, 0.3) is 0 Å². The van der Waals surface area contributed by atoms with Gasteiger partial charge < -0.3 is 15.4 Å². The third-order valence-electron chi connectivity index (χ3n) is 3.86. The van der Waals surface area contributed by atoms with Crippen molar-refractivity contribution < 1.29 is 9.53 Å². The van der Waals surface area contributed by atoms with Crippen molar-refractivity contribution in [2.75, 3.05) is 19.0 Å². The molecule has 2 aromatic rings. The van der Waals surface area contributed by atoms with Crippen LogP contribution in [-0.2, 0) is 11.3 Å². The number of carbonyl (C=O) groups excluding carboxylic acids is 1. The molecule has 2 rings (SSSR count). The fraction of sp³-hybridized carbons (Fsp3) is 0.316. The highest BCUT2D eigenvalue weighted by molar-refractivity contribution is 5.76. The molecule has 2 aromatic carbocycles. The topological polar surface area (TPSA) is 50.4 Å². The van der Waals surface area contributed by atoms with Crippen LogP contribution in [0.3, 0.4) is 0 Å². The van der Waals surface area contributed by atoms with Crippen LogP contribution in [0.4, 0.5) is 5.69 Å². The van der Waals surface area contributed by atoms with E-state index >= 15 is 0 Å². The molecule has 4 nitrogen and oxygen atoms in total. The number of amides is 1. The summed E-state index contributed by atoms with van der Waals surface area (Å²) >= 11 is 0. The molecule has 1 amide bonds. The Morgan fingerprint density at radius 2 is 1.87 bits per heavy atom. The molecule has 0 heterocycles. The lowest BCUT2D eigenvalue weighted by atomic mass is 10.1. The Bertz CT molecular complexity index is 668. The van der Waals surface area contributed by atoms with Crippen molar-refractivity contribution in [3.63, 3.8) is 0 Å². The zero-order valence-electron chi connectivity index (χ0n) is 14.0. The number of hydrogen-bond donors (Lipinski definition) is 2. The molecule has 0 fully saturated rings. The van der Waals surface area contributed by atoms with Gasteiger partial charge in [0, 0.05) is 30.8 Å². The van der Waals surface area contributed by atoms with Crippen molar-refractivity contribution in [1.29, 1.82) is 0 Å². The van der Waals surface area contributed by atoms with E-state index in [0.717, 1.165) is 17.0 Å². The minimum Gasteiger partial charge on any atom is -0.496 e. The van der Waals surface area contributed by atoms with Gasteiger partial charge in [0.1, 0.15) is 5.75 Å². The fourth-order valence-electron chi connectivity index (χ4n) is 2.30. The van der Waals surface area contributed by atoms with Gasteiger partial charge in [-0.05, 0) is 43.2 Å². The Balaban J connectivity index is 1.76. The largest absolute Gasteiger partial charge is 0.496 e. The van der Waals surface area contributed by atoms with E-state index in [4.69, 9.17) is 4.74 Å². The number of anilines is 1. The number of nitrogens with one attached hydrogen (secondary N) is 2. The van der Waals surface area contributed by atoms with Crippen LogP contribution >= 0.6 is 0 Å². The molecule has 2 N–H and O–H groups in total. The molecule has 0 aliphatic rings. The van der Waals surface area contributed by atoms with Gasteiger partial charge in [-0.15, -0.1) is 0 Å². The SMILES string of the molecule is COc1ccccc1CNC(=O)CCNc1ccc(C)c(C)c1. The minimum atomic E-state index is 0.0206. The number of para-hydroxylation sites is 1. The average Bonchev–Trinajstić information content (AvgIpc) is 2.56. The van der Waals surface area contributed by atoms with Crippen LogP contribution in [0.2, 0.25) is 0 Å². The average molecular weight is 312 g/mol. The zero-order chi connectivity index (χ0) is 16.7. The van der Waals surface area contributed by atoms with E-state index in [-0.39, 0.29) is 5.91 Å². The molecule has 0 saturated heterocycles. The van der Waals surface area contributed by atoms with Gasteiger partial charge in [-0.25, -0.2) is 0 Å². The van der Waals surface area contributed by atoms with Crippen LogP contribution in [0.5, 0.6) is 5.75 Å². The van der Waals surface area contributed by atoms with Crippen molar-refractivity contribution in [3.05, 3.63) is 59.2 Å². The first kappa shape index (κ1) is 16.9. The Kier molecular flexibility index (Phi) is 6.03. The lowest BCUT2D eigenvalue weighted by molar-refractivity contribution is -0.121. The molecule has 0 aliphatic heterocycles. The van der Waals surface area contributed by atoms with Crippen LogP contribution in [0.1, 0.15) is 23.1 Å². The summed E-state index contributed by atoms with van der Waals surface area (Å²) < 4.78 is 5.27. The van der Waals surface area contributed by atoms with E-state index in [1.807, 2.05) is 30.3 Å². The van der Waals surface area contributed by atoms with Crippen molar-refractivity contribution >= 4 is 11.6 Å². The summed E-state index contributed by atoms with van der Waals surface area (Å²) in [5.41, 5.74) is 4.54. The van der Waals surface area contributed by atoms with E-state index in [2.05, 4.69) is 36.6 Å². The van der Waals surface area contributed by atoms with Crippen LogP contribution in [0, 0.1) is 13.8 Å². The van der Waals surface area contributed by atoms with Crippen LogP contribution in [0.15, 0.2) is 42.5 Å². The number of hydrogen-bond acceptors (Lipinski definition) is 3. The third-order valence-corrected chi connectivity index (χ3v) is 3.86. The molecular weight excluding hydrogens is 288 g/mol. The summed E-state index contributed by atoms with van der Waals surface area (Å²) in [5.74, 6) is 0.813. The molecule has 23 heavy (non-hydrogen) atoms. The molecular formula is C19H24N2O2. The molecule has 0 saturated carbocycles. The minimum absolute atomic E-state index is 0.0206. The Morgan fingerprint density at radius 3 is 2.61 bits per heavy atom. The summed E-state index contributed by atoms with van der Waals surface area (Å²) in [5, 5.41) is 6.20. The predicted octanol–water partition coefficient (Wildman–Crippen LogP) is 3.43. The van der Waals surface area contributed by atoms with Gasteiger partial charge in [-0.1, -0.05) is 24.3 Å². The number of carbonyl (C=O) groups is 1. The van der Waals surface area contributed by atoms with Crippen molar-refractivity contribution in [3.8, 4) is 5.75 Å². The first-order valence-corrected chi connectivity index (χ1v) is 7.80. The van der Waals surface area contributed by atoms with E-state index in [9.17, 15) is 4.79 Å². The Labute approximate surface area is 137 Å². The maximum absolute atomic E-state index is 11.9. The smallest absolute Gasteiger partial charge is 0.222 e. The summed E-state index contributed by atoms with van der Waals surface area (Å²) in [7, 11) is 1.63.